The monoisotopic (exact) mass is 355 g/mol. The molecule has 0 amide bonds. The standard InChI is InChI=1S/C7H3F5INO2/c8-5(9)3-2(13)1-14-6(4(3)15)16-7(10,11)12/h1,5,15H. The predicted molar refractivity (Wildman–Crippen MR) is 50.3 cm³/mol. The molecule has 0 unspecified atom stereocenters. The number of pyridine rings is 1. The van der Waals surface area contributed by atoms with Gasteiger partial charge in [0.25, 0.3) is 12.3 Å². The smallest absolute Gasteiger partial charge is 0.503 e. The molecule has 0 aliphatic rings. The molecule has 0 aliphatic heterocycles. The van der Waals surface area contributed by atoms with Crippen molar-refractivity contribution < 1.29 is 31.8 Å². The van der Waals surface area contributed by atoms with E-state index >= 15 is 0 Å². The Kier molecular flexibility index (Phi) is 3.76. The second-order valence-electron chi connectivity index (χ2n) is 2.52. The van der Waals surface area contributed by atoms with E-state index in [2.05, 4.69) is 9.72 Å². The number of hydrogen-bond donors (Lipinski definition) is 1. The minimum absolute atomic E-state index is 0.153. The van der Waals surface area contributed by atoms with Crippen molar-refractivity contribution in [3.8, 4) is 11.6 Å². The third-order valence-corrected chi connectivity index (χ3v) is 2.30. The Hall–Kier alpha value is -0.870. The first-order valence-corrected chi connectivity index (χ1v) is 4.71. The van der Waals surface area contributed by atoms with Crippen LogP contribution in [0.3, 0.4) is 0 Å². The second kappa shape index (κ2) is 4.55. The van der Waals surface area contributed by atoms with Crippen molar-refractivity contribution in [2.75, 3.05) is 0 Å². The molecule has 90 valence electrons. The lowest BCUT2D eigenvalue weighted by molar-refractivity contribution is -0.276. The van der Waals surface area contributed by atoms with Gasteiger partial charge in [0.15, 0.2) is 5.75 Å². The molecular weight excluding hydrogens is 352 g/mol. The van der Waals surface area contributed by atoms with Crippen molar-refractivity contribution in [2.24, 2.45) is 0 Å². The molecule has 1 aromatic heterocycles. The van der Waals surface area contributed by atoms with Crippen LogP contribution in [0.4, 0.5) is 22.0 Å². The Bertz CT molecular complexity index is 395. The molecule has 1 N–H and O–H groups in total. The molecule has 0 spiro atoms. The van der Waals surface area contributed by atoms with Gasteiger partial charge in [0.1, 0.15) is 0 Å². The molecule has 9 heteroatoms. The second-order valence-corrected chi connectivity index (χ2v) is 3.68. The van der Waals surface area contributed by atoms with Crippen molar-refractivity contribution in [2.45, 2.75) is 12.8 Å². The highest BCUT2D eigenvalue weighted by molar-refractivity contribution is 14.1. The summed E-state index contributed by atoms with van der Waals surface area (Å²) in [4.78, 5) is 3.07. The van der Waals surface area contributed by atoms with Crippen LogP contribution in [0.5, 0.6) is 11.6 Å². The lowest BCUT2D eigenvalue weighted by Crippen LogP contribution is -2.18. The van der Waals surface area contributed by atoms with E-state index < -0.39 is 30.0 Å². The molecule has 0 saturated heterocycles. The number of halogens is 6. The first-order chi connectivity index (χ1) is 7.22. The molecule has 1 rings (SSSR count). The maximum absolute atomic E-state index is 12.4. The number of aromatic nitrogens is 1. The summed E-state index contributed by atoms with van der Waals surface area (Å²) in [6.07, 6.45) is -7.47. The summed E-state index contributed by atoms with van der Waals surface area (Å²) in [5, 5.41) is 9.13. The summed E-state index contributed by atoms with van der Waals surface area (Å²) >= 11 is 1.42. The average molecular weight is 355 g/mol. The van der Waals surface area contributed by atoms with Gasteiger partial charge in [0.2, 0.25) is 0 Å². The largest absolute Gasteiger partial charge is 0.574 e. The van der Waals surface area contributed by atoms with Gasteiger partial charge in [-0.05, 0) is 22.6 Å². The lowest BCUT2D eigenvalue weighted by Gasteiger charge is -2.12. The summed E-state index contributed by atoms with van der Waals surface area (Å²) < 4.78 is 63.2. The molecule has 0 aromatic carbocycles. The van der Waals surface area contributed by atoms with Gasteiger partial charge in [0.05, 0.1) is 5.56 Å². The van der Waals surface area contributed by atoms with E-state index in [4.69, 9.17) is 5.11 Å². The topological polar surface area (TPSA) is 42.4 Å². The van der Waals surface area contributed by atoms with Crippen LogP contribution >= 0.6 is 22.6 Å². The molecule has 16 heavy (non-hydrogen) atoms. The van der Waals surface area contributed by atoms with E-state index in [-0.39, 0.29) is 3.57 Å². The summed E-state index contributed by atoms with van der Waals surface area (Å²) in [7, 11) is 0. The molecule has 0 atom stereocenters. The Morgan fingerprint density at radius 2 is 1.94 bits per heavy atom. The van der Waals surface area contributed by atoms with Crippen LogP contribution in [0.25, 0.3) is 0 Å². The first-order valence-electron chi connectivity index (χ1n) is 3.63. The van der Waals surface area contributed by atoms with E-state index in [0.29, 0.717) is 0 Å². The number of aromatic hydroxyl groups is 1. The Morgan fingerprint density at radius 1 is 1.38 bits per heavy atom. The summed E-state index contributed by atoms with van der Waals surface area (Å²) in [5.41, 5.74) is -0.935. The van der Waals surface area contributed by atoms with Gasteiger partial charge in [-0.15, -0.1) is 13.2 Å². The van der Waals surface area contributed by atoms with E-state index in [9.17, 15) is 22.0 Å². The van der Waals surface area contributed by atoms with Gasteiger partial charge in [0, 0.05) is 9.77 Å². The SMILES string of the molecule is Oc1c(OC(F)(F)F)ncc(I)c1C(F)F. The van der Waals surface area contributed by atoms with Crippen LogP contribution in [0.15, 0.2) is 6.20 Å². The van der Waals surface area contributed by atoms with Crippen LogP contribution in [0, 0.1) is 3.57 Å². The van der Waals surface area contributed by atoms with Crippen molar-refractivity contribution >= 4 is 22.6 Å². The fraction of sp³-hybridized carbons (Fsp3) is 0.286. The maximum atomic E-state index is 12.4. The Morgan fingerprint density at radius 3 is 2.38 bits per heavy atom. The lowest BCUT2D eigenvalue weighted by atomic mass is 10.2. The van der Waals surface area contributed by atoms with Gasteiger partial charge in [-0.2, -0.15) is 0 Å². The van der Waals surface area contributed by atoms with Gasteiger partial charge in [-0.3, -0.25) is 0 Å². The molecule has 3 nitrogen and oxygen atoms in total. The molecule has 1 aromatic rings. The summed E-state index contributed by atoms with van der Waals surface area (Å²) in [6, 6.07) is 0. The van der Waals surface area contributed by atoms with Gasteiger partial charge in [-0.1, -0.05) is 0 Å². The van der Waals surface area contributed by atoms with E-state index in [1.165, 1.54) is 22.6 Å². The molecular formula is C7H3F5INO2. The van der Waals surface area contributed by atoms with Crippen LogP contribution in [-0.4, -0.2) is 16.5 Å². The highest BCUT2D eigenvalue weighted by Gasteiger charge is 2.34. The number of rotatable bonds is 2. The summed E-state index contributed by atoms with van der Waals surface area (Å²) in [5.74, 6) is -2.59. The molecule has 0 fully saturated rings. The van der Waals surface area contributed by atoms with Crippen LogP contribution < -0.4 is 4.74 Å². The molecule has 0 bridgehead atoms. The van der Waals surface area contributed by atoms with Gasteiger partial charge >= 0.3 is 6.36 Å². The molecule has 0 radical (unpaired) electrons. The number of hydrogen-bond acceptors (Lipinski definition) is 3. The molecule has 0 aliphatic carbocycles. The Balaban J connectivity index is 3.19. The van der Waals surface area contributed by atoms with Crippen molar-refractivity contribution in [1.29, 1.82) is 0 Å². The van der Waals surface area contributed by atoms with Gasteiger partial charge < -0.3 is 9.84 Å². The molecule has 1 heterocycles. The minimum Gasteiger partial charge on any atom is -0.503 e. The number of nitrogens with zero attached hydrogens (tertiary/aromatic N) is 1. The zero-order valence-electron chi connectivity index (χ0n) is 7.23. The first kappa shape index (κ1) is 13.2. The fourth-order valence-corrected chi connectivity index (χ4v) is 1.50. The fourth-order valence-electron chi connectivity index (χ4n) is 0.866. The Labute approximate surface area is 99.4 Å². The maximum Gasteiger partial charge on any atom is 0.574 e. The third kappa shape index (κ3) is 3.06. The zero-order chi connectivity index (χ0) is 12.5. The highest BCUT2D eigenvalue weighted by Crippen LogP contribution is 2.39. The van der Waals surface area contributed by atoms with Crippen molar-refractivity contribution in [3.05, 3.63) is 15.3 Å². The number of alkyl halides is 5. The van der Waals surface area contributed by atoms with Crippen molar-refractivity contribution in [3.63, 3.8) is 0 Å². The molecule has 0 saturated carbocycles. The normalized spacial score (nSPS) is 11.9. The van der Waals surface area contributed by atoms with E-state index in [1.54, 1.807) is 0 Å². The number of ether oxygens (including phenoxy) is 1. The van der Waals surface area contributed by atoms with Crippen molar-refractivity contribution in [1.82, 2.24) is 4.98 Å². The quantitative estimate of drug-likeness (QED) is 0.655. The van der Waals surface area contributed by atoms with Crippen LogP contribution in [0.1, 0.15) is 12.0 Å². The zero-order valence-corrected chi connectivity index (χ0v) is 9.38. The predicted octanol–water partition coefficient (Wildman–Crippen LogP) is 3.23. The summed E-state index contributed by atoms with van der Waals surface area (Å²) in [6.45, 7) is 0. The third-order valence-electron chi connectivity index (χ3n) is 1.44. The van der Waals surface area contributed by atoms with Crippen LogP contribution in [-0.2, 0) is 0 Å². The van der Waals surface area contributed by atoms with E-state index in [0.717, 1.165) is 6.20 Å². The van der Waals surface area contributed by atoms with E-state index in [1.807, 2.05) is 0 Å². The van der Waals surface area contributed by atoms with Crippen LogP contribution in [0.2, 0.25) is 0 Å². The minimum atomic E-state index is -5.10. The highest BCUT2D eigenvalue weighted by atomic mass is 127. The average Bonchev–Trinajstić information content (AvgIpc) is 2.07. The van der Waals surface area contributed by atoms with Gasteiger partial charge in [-0.25, -0.2) is 13.8 Å².